The third kappa shape index (κ3) is 5.11. The molecule has 1 aliphatic heterocycles. The molecule has 0 unspecified atom stereocenters. The van der Waals surface area contributed by atoms with E-state index in [-0.39, 0.29) is 0 Å². The minimum Gasteiger partial charge on any atom is -0.341 e. The largest absolute Gasteiger partial charge is 0.341 e. The molecular weight excluding hydrogens is 374 g/mol. The second-order valence-electron chi connectivity index (χ2n) is 7.55. The van der Waals surface area contributed by atoms with Gasteiger partial charge < -0.3 is 10.2 Å². The zero-order valence-electron chi connectivity index (χ0n) is 17.5. The summed E-state index contributed by atoms with van der Waals surface area (Å²) in [5, 5.41) is 7.63. The second-order valence-corrected chi connectivity index (χ2v) is 7.55. The number of aryl methyl sites for hydroxylation is 2. The lowest BCUT2D eigenvalue weighted by atomic mass is 10.1. The molecule has 1 aliphatic rings. The lowest BCUT2D eigenvalue weighted by molar-refractivity contribution is 0.568. The standard InChI is InChI=1S/C23H27N7/c1-17-11-12-19(18(2)15-17)16-24-29-22-26-21(25-20-9-5-3-6-10-20)27-23(28-22)30-13-7-4-8-14-30/h3,5-6,9-12,15-16H,4,7-8,13-14H2,1-2H3,(H2,25,26,27,28,29). The van der Waals surface area contributed by atoms with Crippen LogP contribution in [-0.2, 0) is 0 Å². The van der Waals surface area contributed by atoms with E-state index >= 15 is 0 Å². The van der Waals surface area contributed by atoms with Crippen LogP contribution in [0.5, 0.6) is 0 Å². The van der Waals surface area contributed by atoms with Crippen molar-refractivity contribution in [2.24, 2.45) is 5.10 Å². The predicted octanol–water partition coefficient (Wildman–Crippen LogP) is 4.67. The lowest BCUT2D eigenvalue weighted by Gasteiger charge is -2.26. The monoisotopic (exact) mass is 401 g/mol. The van der Waals surface area contributed by atoms with Crippen molar-refractivity contribution < 1.29 is 0 Å². The number of anilines is 4. The van der Waals surface area contributed by atoms with E-state index in [0.29, 0.717) is 17.8 Å². The van der Waals surface area contributed by atoms with Gasteiger partial charge in [0.1, 0.15) is 0 Å². The Morgan fingerprint density at radius 3 is 2.43 bits per heavy atom. The lowest BCUT2D eigenvalue weighted by Crippen LogP contribution is -2.31. The Bertz CT molecular complexity index is 1010. The number of nitrogens with one attached hydrogen (secondary N) is 2. The molecule has 0 radical (unpaired) electrons. The maximum Gasteiger partial charge on any atom is 0.250 e. The Morgan fingerprint density at radius 1 is 0.900 bits per heavy atom. The molecule has 1 saturated heterocycles. The summed E-state index contributed by atoms with van der Waals surface area (Å²) in [6, 6.07) is 16.2. The first kappa shape index (κ1) is 19.8. The van der Waals surface area contributed by atoms with Crippen molar-refractivity contribution in [2.75, 3.05) is 28.7 Å². The summed E-state index contributed by atoms with van der Waals surface area (Å²) in [4.78, 5) is 16.0. The van der Waals surface area contributed by atoms with Crippen LogP contribution in [-0.4, -0.2) is 34.3 Å². The fourth-order valence-electron chi connectivity index (χ4n) is 3.49. The molecule has 0 atom stereocenters. The Morgan fingerprint density at radius 2 is 1.67 bits per heavy atom. The van der Waals surface area contributed by atoms with Crippen LogP contribution in [0.25, 0.3) is 0 Å². The number of para-hydroxylation sites is 1. The number of benzene rings is 2. The molecule has 0 spiro atoms. The highest BCUT2D eigenvalue weighted by atomic mass is 15.4. The van der Waals surface area contributed by atoms with Crippen molar-refractivity contribution in [1.82, 2.24) is 15.0 Å². The van der Waals surface area contributed by atoms with Crippen LogP contribution in [0.4, 0.5) is 23.5 Å². The number of hydrazone groups is 1. The van der Waals surface area contributed by atoms with E-state index in [1.165, 1.54) is 17.5 Å². The molecule has 2 N–H and O–H groups in total. The first-order valence-corrected chi connectivity index (χ1v) is 10.4. The normalized spacial score (nSPS) is 14.1. The molecule has 7 nitrogen and oxygen atoms in total. The third-order valence-corrected chi connectivity index (χ3v) is 5.09. The van der Waals surface area contributed by atoms with Gasteiger partial charge in [-0.25, -0.2) is 5.43 Å². The quantitative estimate of drug-likeness (QED) is 0.462. The summed E-state index contributed by atoms with van der Waals surface area (Å²) in [5.74, 6) is 1.60. The first-order valence-electron chi connectivity index (χ1n) is 10.4. The van der Waals surface area contributed by atoms with Crippen LogP contribution in [0, 0.1) is 13.8 Å². The van der Waals surface area contributed by atoms with E-state index < -0.39 is 0 Å². The van der Waals surface area contributed by atoms with Gasteiger partial charge in [0.15, 0.2) is 0 Å². The average molecular weight is 402 g/mol. The van der Waals surface area contributed by atoms with Crippen LogP contribution >= 0.6 is 0 Å². The number of piperidine rings is 1. The van der Waals surface area contributed by atoms with E-state index in [1.54, 1.807) is 6.21 Å². The molecule has 1 fully saturated rings. The van der Waals surface area contributed by atoms with E-state index in [4.69, 9.17) is 0 Å². The Hall–Kier alpha value is -3.48. The second kappa shape index (κ2) is 9.35. The first-order chi connectivity index (χ1) is 14.7. The Kier molecular flexibility index (Phi) is 6.17. The highest BCUT2D eigenvalue weighted by Gasteiger charge is 2.16. The molecule has 30 heavy (non-hydrogen) atoms. The number of hydrogen-bond donors (Lipinski definition) is 2. The summed E-state index contributed by atoms with van der Waals surface area (Å²) in [6.45, 7) is 6.08. The molecular formula is C23H27N7. The van der Waals surface area contributed by atoms with Gasteiger partial charge in [-0.3, -0.25) is 0 Å². The van der Waals surface area contributed by atoms with Crippen molar-refractivity contribution >= 4 is 29.7 Å². The summed E-state index contributed by atoms with van der Waals surface area (Å²) in [6.07, 6.45) is 5.35. The van der Waals surface area contributed by atoms with E-state index in [2.05, 4.69) is 67.7 Å². The fraction of sp³-hybridized carbons (Fsp3) is 0.304. The minimum absolute atomic E-state index is 0.421. The van der Waals surface area contributed by atoms with E-state index in [0.717, 1.165) is 37.2 Å². The Labute approximate surface area is 177 Å². The summed E-state index contributed by atoms with van der Waals surface area (Å²) >= 11 is 0. The average Bonchev–Trinajstić information content (AvgIpc) is 2.76. The number of aromatic nitrogens is 3. The van der Waals surface area contributed by atoms with Gasteiger partial charge >= 0.3 is 0 Å². The van der Waals surface area contributed by atoms with Crippen LogP contribution in [0.3, 0.4) is 0 Å². The van der Waals surface area contributed by atoms with Crippen molar-refractivity contribution in [3.05, 3.63) is 65.2 Å². The van der Waals surface area contributed by atoms with Crippen molar-refractivity contribution in [2.45, 2.75) is 33.1 Å². The Balaban J connectivity index is 1.57. The maximum atomic E-state index is 4.64. The van der Waals surface area contributed by atoms with Gasteiger partial charge in [0, 0.05) is 18.8 Å². The predicted molar refractivity (Wildman–Crippen MR) is 123 cm³/mol. The molecule has 0 amide bonds. The molecule has 2 heterocycles. The maximum absolute atomic E-state index is 4.64. The number of rotatable bonds is 6. The van der Waals surface area contributed by atoms with Crippen LogP contribution in [0.1, 0.15) is 36.0 Å². The molecule has 4 rings (SSSR count). The van der Waals surface area contributed by atoms with Crippen LogP contribution in [0.15, 0.2) is 53.6 Å². The van der Waals surface area contributed by atoms with Gasteiger partial charge in [0.05, 0.1) is 6.21 Å². The minimum atomic E-state index is 0.421. The van der Waals surface area contributed by atoms with E-state index in [9.17, 15) is 0 Å². The molecule has 3 aromatic rings. The topological polar surface area (TPSA) is 78.3 Å². The summed E-state index contributed by atoms with van der Waals surface area (Å²) < 4.78 is 0. The van der Waals surface area contributed by atoms with Crippen LogP contribution in [0.2, 0.25) is 0 Å². The smallest absolute Gasteiger partial charge is 0.250 e. The van der Waals surface area contributed by atoms with Crippen molar-refractivity contribution in [3.63, 3.8) is 0 Å². The molecule has 7 heteroatoms. The van der Waals surface area contributed by atoms with Gasteiger partial charge in [-0.1, -0.05) is 42.0 Å². The summed E-state index contributed by atoms with van der Waals surface area (Å²) in [7, 11) is 0. The molecule has 1 aromatic heterocycles. The van der Waals surface area contributed by atoms with E-state index in [1.807, 2.05) is 30.3 Å². The number of hydrogen-bond acceptors (Lipinski definition) is 7. The molecule has 2 aromatic carbocycles. The SMILES string of the molecule is Cc1ccc(C=NNc2nc(Nc3ccccc3)nc(N3CCCCC3)n2)c(C)c1. The highest BCUT2D eigenvalue weighted by molar-refractivity contribution is 5.82. The molecule has 0 bridgehead atoms. The molecule has 0 saturated carbocycles. The number of nitrogens with zero attached hydrogens (tertiary/aromatic N) is 5. The van der Waals surface area contributed by atoms with Crippen molar-refractivity contribution in [3.8, 4) is 0 Å². The van der Waals surface area contributed by atoms with Gasteiger partial charge in [-0.15, -0.1) is 0 Å². The molecule has 0 aliphatic carbocycles. The van der Waals surface area contributed by atoms with Gasteiger partial charge in [-0.2, -0.15) is 20.1 Å². The van der Waals surface area contributed by atoms with Crippen LogP contribution < -0.4 is 15.6 Å². The zero-order chi connectivity index (χ0) is 20.8. The fourth-order valence-corrected chi connectivity index (χ4v) is 3.49. The van der Waals surface area contributed by atoms with Gasteiger partial charge in [0.25, 0.3) is 0 Å². The third-order valence-electron chi connectivity index (χ3n) is 5.09. The van der Waals surface area contributed by atoms with Gasteiger partial charge in [-0.05, 0) is 56.4 Å². The zero-order valence-corrected chi connectivity index (χ0v) is 17.5. The highest BCUT2D eigenvalue weighted by Crippen LogP contribution is 2.20. The molecule has 154 valence electrons. The summed E-state index contributed by atoms with van der Waals surface area (Å²) in [5.41, 5.74) is 7.38. The van der Waals surface area contributed by atoms with Crippen molar-refractivity contribution in [1.29, 1.82) is 0 Å². The van der Waals surface area contributed by atoms with Gasteiger partial charge in [0.2, 0.25) is 17.8 Å².